The Balaban J connectivity index is 1.38. The highest BCUT2D eigenvalue weighted by atomic mass is 32.2. The van der Waals surface area contributed by atoms with Gasteiger partial charge in [-0.1, -0.05) is 0 Å². The van der Waals surface area contributed by atoms with Crippen LogP contribution in [0.1, 0.15) is 48.9 Å². The van der Waals surface area contributed by atoms with Crippen molar-refractivity contribution >= 4 is 17.7 Å². The van der Waals surface area contributed by atoms with E-state index >= 15 is 0 Å². The van der Waals surface area contributed by atoms with Crippen LogP contribution >= 0.6 is 11.8 Å². The molecule has 2 aliphatic heterocycles. The SMILES string of the molecule is COc1ccc(C(=O)NC2CC2)c(OC2CCN(C3CCSCC3)CC2)c1. The third-order valence-corrected chi connectivity index (χ3v) is 6.87. The van der Waals surface area contributed by atoms with Crippen LogP contribution in [0, 0.1) is 0 Å². The van der Waals surface area contributed by atoms with Crippen LogP contribution < -0.4 is 14.8 Å². The number of likely N-dealkylation sites (tertiary alicyclic amines) is 1. The monoisotopic (exact) mass is 390 g/mol. The lowest BCUT2D eigenvalue weighted by atomic mass is 10.0. The molecule has 5 nitrogen and oxygen atoms in total. The number of hydrogen-bond donors (Lipinski definition) is 1. The number of amides is 1. The Morgan fingerprint density at radius 2 is 1.85 bits per heavy atom. The topological polar surface area (TPSA) is 50.8 Å². The number of carbonyl (C=O) groups excluding carboxylic acids is 1. The van der Waals surface area contributed by atoms with Crippen LogP contribution in [0.3, 0.4) is 0 Å². The molecule has 1 aromatic rings. The van der Waals surface area contributed by atoms with Crippen molar-refractivity contribution < 1.29 is 14.3 Å². The Hall–Kier alpha value is -1.40. The van der Waals surface area contributed by atoms with Crippen LogP contribution in [0.25, 0.3) is 0 Å². The molecular formula is C21H30N2O3S. The van der Waals surface area contributed by atoms with Crippen molar-refractivity contribution in [2.75, 3.05) is 31.7 Å². The minimum Gasteiger partial charge on any atom is -0.497 e. The highest BCUT2D eigenvalue weighted by molar-refractivity contribution is 7.99. The second kappa shape index (κ2) is 8.74. The van der Waals surface area contributed by atoms with Crippen LogP contribution in [-0.4, -0.2) is 60.7 Å². The first kappa shape index (κ1) is 18.9. The summed E-state index contributed by atoms with van der Waals surface area (Å²) >= 11 is 2.08. The summed E-state index contributed by atoms with van der Waals surface area (Å²) in [5, 5.41) is 3.07. The van der Waals surface area contributed by atoms with Gasteiger partial charge in [0, 0.05) is 31.2 Å². The van der Waals surface area contributed by atoms with Crippen LogP contribution in [-0.2, 0) is 0 Å². The second-order valence-corrected chi connectivity index (χ2v) is 9.03. The van der Waals surface area contributed by atoms with Crippen molar-refractivity contribution in [3.8, 4) is 11.5 Å². The summed E-state index contributed by atoms with van der Waals surface area (Å²) in [4.78, 5) is 15.2. The van der Waals surface area contributed by atoms with Gasteiger partial charge in [-0.05, 0) is 62.2 Å². The van der Waals surface area contributed by atoms with Gasteiger partial charge < -0.3 is 19.7 Å². The molecule has 1 N–H and O–H groups in total. The van der Waals surface area contributed by atoms with E-state index in [0.29, 0.717) is 17.4 Å². The predicted octanol–water partition coefficient (Wildman–Crippen LogP) is 3.33. The van der Waals surface area contributed by atoms with E-state index in [1.165, 1.54) is 24.3 Å². The summed E-state index contributed by atoms with van der Waals surface area (Å²) < 4.78 is 11.7. The number of benzene rings is 1. The molecular weight excluding hydrogens is 360 g/mol. The maximum atomic E-state index is 12.6. The number of rotatable bonds is 6. The van der Waals surface area contributed by atoms with Crippen molar-refractivity contribution in [1.82, 2.24) is 10.2 Å². The largest absolute Gasteiger partial charge is 0.497 e. The number of nitrogens with one attached hydrogen (secondary N) is 1. The fourth-order valence-electron chi connectivity index (χ4n) is 3.99. The predicted molar refractivity (Wildman–Crippen MR) is 109 cm³/mol. The number of nitrogens with zero attached hydrogens (tertiary/aromatic N) is 1. The van der Waals surface area contributed by atoms with Gasteiger partial charge in [-0.3, -0.25) is 4.79 Å². The summed E-state index contributed by atoms with van der Waals surface area (Å²) in [5.41, 5.74) is 0.620. The van der Waals surface area contributed by atoms with E-state index in [4.69, 9.17) is 9.47 Å². The highest BCUT2D eigenvalue weighted by Gasteiger charge is 2.29. The minimum absolute atomic E-state index is 0.0349. The van der Waals surface area contributed by atoms with Gasteiger partial charge in [0.05, 0.1) is 12.7 Å². The number of carbonyl (C=O) groups is 1. The maximum absolute atomic E-state index is 12.6. The molecule has 2 heterocycles. The molecule has 6 heteroatoms. The van der Waals surface area contributed by atoms with E-state index in [1.807, 2.05) is 18.2 Å². The Bertz CT molecular complexity index is 651. The third kappa shape index (κ3) is 4.91. The fourth-order valence-corrected chi connectivity index (χ4v) is 5.08. The molecule has 148 valence electrons. The highest BCUT2D eigenvalue weighted by Crippen LogP contribution is 2.30. The average molecular weight is 391 g/mol. The summed E-state index contributed by atoms with van der Waals surface area (Å²) in [6.45, 7) is 2.18. The van der Waals surface area contributed by atoms with Crippen molar-refractivity contribution in [2.45, 2.75) is 56.7 Å². The smallest absolute Gasteiger partial charge is 0.255 e. The van der Waals surface area contributed by atoms with Crippen molar-refractivity contribution in [3.63, 3.8) is 0 Å². The Morgan fingerprint density at radius 1 is 1.11 bits per heavy atom. The lowest BCUT2D eigenvalue weighted by Gasteiger charge is -2.39. The molecule has 1 saturated carbocycles. The minimum atomic E-state index is -0.0349. The molecule has 0 atom stereocenters. The van der Waals surface area contributed by atoms with Gasteiger partial charge in [-0.2, -0.15) is 11.8 Å². The summed E-state index contributed by atoms with van der Waals surface area (Å²) in [6, 6.07) is 6.60. The standard InChI is InChI=1S/C21H30N2O3S/c1-25-18-4-5-19(21(24)22-15-2-3-15)20(14-18)26-17-6-10-23(11-7-17)16-8-12-27-13-9-16/h4-5,14-17H,2-3,6-13H2,1H3,(H,22,24). The Labute approximate surface area is 166 Å². The number of hydrogen-bond acceptors (Lipinski definition) is 5. The van der Waals surface area contributed by atoms with E-state index in [2.05, 4.69) is 22.0 Å². The van der Waals surface area contributed by atoms with E-state index in [-0.39, 0.29) is 12.0 Å². The molecule has 0 spiro atoms. The first-order valence-electron chi connectivity index (χ1n) is 10.2. The summed E-state index contributed by atoms with van der Waals surface area (Å²) in [5.74, 6) is 3.94. The van der Waals surface area contributed by atoms with Crippen LogP contribution in [0.15, 0.2) is 18.2 Å². The molecule has 2 saturated heterocycles. The van der Waals surface area contributed by atoms with Crippen LogP contribution in [0.2, 0.25) is 0 Å². The first-order chi connectivity index (χ1) is 13.2. The van der Waals surface area contributed by atoms with Gasteiger partial charge in [0.1, 0.15) is 17.6 Å². The summed E-state index contributed by atoms with van der Waals surface area (Å²) in [6.07, 6.45) is 7.00. The normalized spacial score (nSPS) is 22.4. The maximum Gasteiger partial charge on any atom is 0.255 e. The first-order valence-corrected chi connectivity index (χ1v) is 11.4. The van der Waals surface area contributed by atoms with Crippen molar-refractivity contribution in [2.24, 2.45) is 0 Å². The van der Waals surface area contributed by atoms with E-state index in [0.717, 1.165) is 50.6 Å². The molecule has 3 aliphatic rings. The third-order valence-electron chi connectivity index (χ3n) is 5.82. The van der Waals surface area contributed by atoms with Crippen LogP contribution in [0.4, 0.5) is 0 Å². The zero-order valence-electron chi connectivity index (χ0n) is 16.1. The molecule has 0 radical (unpaired) electrons. The fraction of sp³-hybridized carbons (Fsp3) is 0.667. The molecule has 1 aromatic carbocycles. The Kier molecular flexibility index (Phi) is 6.13. The van der Waals surface area contributed by atoms with Gasteiger partial charge in [-0.25, -0.2) is 0 Å². The van der Waals surface area contributed by atoms with E-state index < -0.39 is 0 Å². The van der Waals surface area contributed by atoms with Gasteiger partial charge in [-0.15, -0.1) is 0 Å². The zero-order chi connectivity index (χ0) is 18.6. The molecule has 1 amide bonds. The van der Waals surface area contributed by atoms with Gasteiger partial charge in [0.25, 0.3) is 5.91 Å². The number of piperidine rings is 1. The molecule has 0 bridgehead atoms. The van der Waals surface area contributed by atoms with Crippen molar-refractivity contribution in [1.29, 1.82) is 0 Å². The van der Waals surface area contributed by atoms with Gasteiger partial charge in [0.15, 0.2) is 0 Å². The molecule has 3 fully saturated rings. The lowest BCUT2D eigenvalue weighted by molar-refractivity contribution is 0.0710. The molecule has 0 aromatic heterocycles. The number of ether oxygens (including phenoxy) is 2. The van der Waals surface area contributed by atoms with Crippen LogP contribution in [0.5, 0.6) is 11.5 Å². The van der Waals surface area contributed by atoms with E-state index in [1.54, 1.807) is 7.11 Å². The second-order valence-electron chi connectivity index (χ2n) is 7.81. The quantitative estimate of drug-likeness (QED) is 0.807. The van der Waals surface area contributed by atoms with Gasteiger partial charge in [0.2, 0.25) is 0 Å². The number of methoxy groups -OCH3 is 1. The average Bonchev–Trinajstić information content (AvgIpc) is 3.53. The zero-order valence-corrected chi connectivity index (χ0v) is 16.9. The van der Waals surface area contributed by atoms with Gasteiger partial charge >= 0.3 is 0 Å². The molecule has 1 aliphatic carbocycles. The number of thioether (sulfide) groups is 1. The summed E-state index contributed by atoms with van der Waals surface area (Å²) in [7, 11) is 1.64. The molecule has 27 heavy (non-hydrogen) atoms. The molecule has 4 rings (SSSR count). The molecule has 0 unspecified atom stereocenters. The Morgan fingerprint density at radius 3 is 2.52 bits per heavy atom. The van der Waals surface area contributed by atoms with E-state index in [9.17, 15) is 4.79 Å². The lowest BCUT2D eigenvalue weighted by Crippen LogP contribution is -2.45. The van der Waals surface area contributed by atoms with Crippen molar-refractivity contribution in [3.05, 3.63) is 23.8 Å².